The number of oxime groups is 1. The molecule has 1 N–H and O–H groups in total. The molecule has 2 heterocycles. The summed E-state index contributed by atoms with van der Waals surface area (Å²) in [5.74, 6) is -0.387. The molecule has 0 saturated carbocycles. The third-order valence-electron chi connectivity index (χ3n) is 4.59. The minimum absolute atomic E-state index is 0.00354. The van der Waals surface area contributed by atoms with Gasteiger partial charge in [-0.25, -0.2) is 4.98 Å². The van der Waals surface area contributed by atoms with Crippen molar-refractivity contribution in [2.45, 2.75) is 26.3 Å². The van der Waals surface area contributed by atoms with Gasteiger partial charge in [-0.3, -0.25) is 4.79 Å². The molecule has 26 heavy (non-hydrogen) atoms. The number of hydrogen-bond acceptors (Lipinski definition) is 7. The first kappa shape index (κ1) is 17.9. The number of aryl methyl sites for hydroxylation is 1. The maximum Gasteiger partial charge on any atom is 0.294 e. The van der Waals surface area contributed by atoms with Gasteiger partial charge in [-0.05, 0) is 25.0 Å². The van der Waals surface area contributed by atoms with E-state index in [9.17, 15) is 9.90 Å². The molecular weight excluding hydrogens is 334 g/mol. The summed E-state index contributed by atoms with van der Waals surface area (Å²) >= 11 is 0. The Morgan fingerprint density at radius 2 is 2.19 bits per heavy atom. The summed E-state index contributed by atoms with van der Waals surface area (Å²) < 4.78 is 0. The molecule has 136 valence electrons. The molecule has 1 aliphatic rings. The van der Waals surface area contributed by atoms with Gasteiger partial charge in [-0.15, -0.1) is 10.2 Å². The number of rotatable bonds is 4. The van der Waals surface area contributed by atoms with Crippen LogP contribution in [-0.4, -0.2) is 63.1 Å². The molecule has 1 aliphatic heterocycles. The van der Waals surface area contributed by atoms with Gasteiger partial charge in [0, 0.05) is 12.0 Å². The van der Waals surface area contributed by atoms with E-state index in [1.165, 1.54) is 12.0 Å². The Kier molecular flexibility index (Phi) is 5.22. The maximum atomic E-state index is 12.7. The van der Waals surface area contributed by atoms with Gasteiger partial charge in [0.05, 0.1) is 31.1 Å². The van der Waals surface area contributed by atoms with Crippen LogP contribution in [-0.2, 0) is 4.84 Å². The van der Waals surface area contributed by atoms with Crippen LogP contribution in [0.2, 0.25) is 0 Å². The Bertz CT molecular complexity index is 835. The monoisotopic (exact) mass is 355 g/mol. The first-order valence-electron chi connectivity index (χ1n) is 8.32. The van der Waals surface area contributed by atoms with E-state index < -0.39 is 0 Å². The van der Waals surface area contributed by atoms with Crippen molar-refractivity contribution in [3.8, 4) is 11.3 Å². The normalized spacial score (nSPS) is 18.4. The predicted molar refractivity (Wildman–Crippen MR) is 95.7 cm³/mol. The molecule has 0 spiro atoms. The van der Waals surface area contributed by atoms with Crippen molar-refractivity contribution in [2.24, 2.45) is 5.16 Å². The van der Waals surface area contributed by atoms with Gasteiger partial charge in [-0.1, -0.05) is 23.4 Å². The molecule has 2 aromatic rings. The van der Waals surface area contributed by atoms with Crippen molar-refractivity contribution < 1.29 is 14.7 Å². The second-order valence-electron chi connectivity index (χ2n) is 6.23. The van der Waals surface area contributed by atoms with Crippen molar-refractivity contribution >= 4 is 11.6 Å². The molecule has 1 saturated heterocycles. The first-order valence-corrected chi connectivity index (χ1v) is 8.32. The fraction of sp³-hybridized carbons (Fsp3) is 0.389. The van der Waals surface area contributed by atoms with Crippen LogP contribution >= 0.6 is 0 Å². The van der Waals surface area contributed by atoms with Crippen molar-refractivity contribution in [1.82, 2.24) is 20.1 Å². The van der Waals surface area contributed by atoms with E-state index in [1.807, 2.05) is 32.0 Å². The van der Waals surface area contributed by atoms with E-state index in [0.717, 1.165) is 16.7 Å². The minimum Gasteiger partial charge on any atom is -0.399 e. The number of nitrogens with zero attached hydrogens (tertiary/aromatic N) is 5. The number of benzene rings is 1. The van der Waals surface area contributed by atoms with E-state index in [1.54, 1.807) is 6.20 Å². The summed E-state index contributed by atoms with van der Waals surface area (Å²) in [5.41, 5.74) is 4.50. The van der Waals surface area contributed by atoms with E-state index in [0.29, 0.717) is 17.8 Å². The number of hydrogen-bond donors (Lipinski definition) is 1. The molecule has 1 aromatic heterocycles. The fourth-order valence-corrected chi connectivity index (χ4v) is 3.02. The Morgan fingerprint density at radius 3 is 2.85 bits per heavy atom. The summed E-state index contributed by atoms with van der Waals surface area (Å²) in [6.45, 7) is 4.15. The number of likely N-dealkylation sites (tertiary alicyclic amines) is 1. The van der Waals surface area contributed by atoms with Crippen LogP contribution in [0, 0.1) is 13.8 Å². The molecule has 8 nitrogen and oxygen atoms in total. The van der Waals surface area contributed by atoms with E-state index in [-0.39, 0.29) is 30.9 Å². The average Bonchev–Trinajstić information content (AvgIpc) is 3.07. The average molecular weight is 355 g/mol. The lowest BCUT2D eigenvalue weighted by molar-refractivity contribution is 0.0666. The van der Waals surface area contributed by atoms with Gasteiger partial charge < -0.3 is 14.8 Å². The largest absolute Gasteiger partial charge is 0.399 e. The number of carbonyl (C=O) groups excluding carboxylic acids is 1. The Morgan fingerprint density at radius 1 is 1.38 bits per heavy atom. The molecule has 0 aliphatic carbocycles. The van der Waals surface area contributed by atoms with Gasteiger partial charge in [-0.2, -0.15) is 0 Å². The van der Waals surface area contributed by atoms with Crippen LogP contribution in [0.4, 0.5) is 0 Å². The molecule has 0 bridgehead atoms. The van der Waals surface area contributed by atoms with Crippen LogP contribution in [0.3, 0.4) is 0 Å². The number of aromatic nitrogens is 3. The second kappa shape index (κ2) is 7.57. The lowest BCUT2D eigenvalue weighted by Gasteiger charge is -2.20. The van der Waals surface area contributed by atoms with E-state index in [2.05, 4.69) is 20.3 Å². The molecule has 1 fully saturated rings. The minimum atomic E-state index is -0.384. The lowest BCUT2D eigenvalue weighted by atomic mass is 10.0. The molecule has 1 amide bonds. The molecule has 0 radical (unpaired) electrons. The number of aliphatic hydroxyl groups excluding tert-OH is 1. The lowest BCUT2D eigenvalue weighted by Crippen LogP contribution is -2.38. The molecular formula is C18H21N5O3. The van der Waals surface area contributed by atoms with Crippen LogP contribution in [0.25, 0.3) is 11.3 Å². The summed E-state index contributed by atoms with van der Waals surface area (Å²) in [5, 5.41) is 21.6. The van der Waals surface area contributed by atoms with E-state index in [4.69, 9.17) is 4.84 Å². The number of aliphatic hydroxyl groups is 1. The van der Waals surface area contributed by atoms with Crippen LogP contribution in [0.1, 0.15) is 28.2 Å². The third kappa shape index (κ3) is 3.41. The second-order valence-corrected chi connectivity index (χ2v) is 6.23. The van der Waals surface area contributed by atoms with Crippen LogP contribution in [0.15, 0.2) is 29.6 Å². The van der Waals surface area contributed by atoms with Gasteiger partial charge in [0.2, 0.25) is 5.82 Å². The third-order valence-corrected chi connectivity index (χ3v) is 4.59. The highest BCUT2D eigenvalue weighted by molar-refractivity contribution is 5.98. The smallest absolute Gasteiger partial charge is 0.294 e. The SMILES string of the molecule is CO/N=C1/CC(CO)N(C(=O)c2ncc(-c3cccc(C)c3C)nn2)C1. The van der Waals surface area contributed by atoms with Crippen molar-refractivity contribution in [2.75, 3.05) is 20.3 Å². The van der Waals surface area contributed by atoms with Crippen LogP contribution < -0.4 is 0 Å². The summed E-state index contributed by atoms with van der Waals surface area (Å²) in [7, 11) is 1.45. The van der Waals surface area contributed by atoms with Gasteiger partial charge >= 0.3 is 0 Å². The standard InChI is InChI=1S/C18H21N5O3/c1-11-5-4-6-15(12(11)2)16-8-19-17(21-20-16)18(25)23-9-13(22-26-3)7-14(23)10-24/h4-6,8,14,24H,7,9-10H2,1-3H3/b22-13-. The summed E-state index contributed by atoms with van der Waals surface area (Å²) in [6, 6.07) is 5.56. The molecule has 1 unspecified atom stereocenters. The van der Waals surface area contributed by atoms with Gasteiger partial charge in [0.15, 0.2) is 0 Å². The highest BCUT2D eigenvalue weighted by Crippen LogP contribution is 2.23. The summed E-state index contributed by atoms with van der Waals surface area (Å²) in [4.78, 5) is 23.1. The number of carbonyl (C=O) groups is 1. The molecule has 1 atom stereocenters. The Balaban J connectivity index is 1.83. The van der Waals surface area contributed by atoms with Crippen LogP contribution in [0.5, 0.6) is 0 Å². The quantitative estimate of drug-likeness (QED) is 0.831. The van der Waals surface area contributed by atoms with E-state index >= 15 is 0 Å². The van der Waals surface area contributed by atoms with Gasteiger partial charge in [0.25, 0.3) is 5.91 Å². The zero-order valence-corrected chi connectivity index (χ0v) is 15.0. The highest BCUT2D eigenvalue weighted by Gasteiger charge is 2.34. The van der Waals surface area contributed by atoms with Gasteiger partial charge in [0.1, 0.15) is 12.8 Å². The van der Waals surface area contributed by atoms with Crippen molar-refractivity contribution in [3.05, 3.63) is 41.3 Å². The van der Waals surface area contributed by atoms with Crippen molar-refractivity contribution in [3.63, 3.8) is 0 Å². The highest BCUT2D eigenvalue weighted by atomic mass is 16.6. The molecule has 8 heteroatoms. The Hall–Kier alpha value is -2.87. The van der Waals surface area contributed by atoms with Crippen molar-refractivity contribution in [1.29, 1.82) is 0 Å². The fourth-order valence-electron chi connectivity index (χ4n) is 3.02. The molecule has 3 rings (SSSR count). The number of amides is 1. The zero-order valence-electron chi connectivity index (χ0n) is 15.0. The Labute approximate surface area is 151 Å². The zero-order chi connectivity index (χ0) is 18.7. The molecule has 1 aromatic carbocycles. The maximum absolute atomic E-state index is 12.7. The summed E-state index contributed by atoms with van der Waals surface area (Å²) in [6.07, 6.45) is 2.01. The first-order chi connectivity index (χ1) is 12.5. The predicted octanol–water partition coefficient (Wildman–Crippen LogP) is 1.36. The topological polar surface area (TPSA) is 101 Å².